The van der Waals surface area contributed by atoms with Crippen LogP contribution in [0.2, 0.25) is 0 Å². The molecule has 2 atom stereocenters. The van der Waals surface area contributed by atoms with Crippen LogP contribution in [0.15, 0.2) is 29.3 Å². The Morgan fingerprint density at radius 2 is 1.81 bits per heavy atom. The first-order chi connectivity index (χ1) is 14.9. The minimum Gasteiger partial charge on any atom is -0.270 e. The molecule has 3 amide bonds. The minimum absolute atomic E-state index is 0.157. The fraction of sp³-hybridized carbons (Fsp3) is 0.583. The van der Waals surface area contributed by atoms with Crippen molar-refractivity contribution in [2.24, 2.45) is 10.9 Å². The van der Waals surface area contributed by atoms with Crippen molar-refractivity contribution in [3.05, 3.63) is 35.4 Å². The van der Waals surface area contributed by atoms with E-state index >= 15 is 0 Å². The lowest BCUT2D eigenvalue weighted by Crippen LogP contribution is -2.63. The molecule has 0 aromatic heterocycles. The summed E-state index contributed by atoms with van der Waals surface area (Å²) in [6.45, 7) is 6.33. The number of amides is 3. The van der Waals surface area contributed by atoms with Crippen LogP contribution in [0.25, 0.3) is 0 Å². The van der Waals surface area contributed by atoms with Gasteiger partial charge in [-0.1, -0.05) is 61.0 Å². The van der Waals surface area contributed by atoms with E-state index in [1.807, 2.05) is 31.2 Å². The molecule has 2 fully saturated rings. The average molecular weight is 423 g/mol. The Bertz CT molecular complexity index is 961. The molecule has 1 aliphatic carbocycles. The van der Waals surface area contributed by atoms with E-state index in [2.05, 4.69) is 16.4 Å². The number of benzene rings is 1. The summed E-state index contributed by atoms with van der Waals surface area (Å²) in [5.41, 5.74) is 2.12. The Balaban J connectivity index is 1.47. The van der Waals surface area contributed by atoms with Gasteiger partial charge in [0, 0.05) is 13.0 Å². The number of imide groups is 1. The Hall–Kier alpha value is -2.70. The minimum atomic E-state index is -0.503. The number of carbonyl (C=O) groups excluding carboxylic acids is 2. The summed E-state index contributed by atoms with van der Waals surface area (Å²) in [6, 6.07) is 7.69. The zero-order valence-electron chi connectivity index (χ0n) is 18.8. The molecule has 5 rings (SSSR count). The maximum absolute atomic E-state index is 13.6. The summed E-state index contributed by atoms with van der Waals surface area (Å²) >= 11 is 0. The van der Waals surface area contributed by atoms with Crippen LogP contribution in [-0.2, 0) is 11.3 Å². The van der Waals surface area contributed by atoms with Crippen LogP contribution in [0.1, 0.15) is 50.2 Å². The highest BCUT2D eigenvalue weighted by Crippen LogP contribution is 2.30. The number of rotatable bonds is 3. The number of aliphatic imine (C=N–C) groups is 1. The van der Waals surface area contributed by atoms with Gasteiger partial charge in [0.2, 0.25) is 11.9 Å². The monoisotopic (exact) mass is 422 g/mol. The van der Waals surface area contributed by atoms with Crippen molar-refractivity contribution in [2.75, 3.05) is 20.1 Å². The molecular weight excluding hydrogens is 390 g/mol. The van der Waals surface area contributed by atoms with E-state index in [-0.39, 0.29) is 18.5 Å². The molecule has 0 bridgehead atoms. The summed E-state index contributed by atoms with van der Waals surface area (Å²) in [5, 5.41) is 0. The molecule has 0 N–H and O–H groups in total. The Morgan fingerprint density at radius 1 is 1.10 bits per heavy atom. The third-order valence-corrected chi connectivity index (χ3v) is 7.14. The normalized spacial score (nSPS) is 26.9. The van der Waals surface area contributed by atoms with Crippen LogP contribution >= 0.6 is 0 Å². The molecule has 3 heterocycles. The Labute approximate surface area is 184 Å². The molecule has 1 saturated heterocycles. The number of amidine groups is 1. The largest absolute Gasteiger partial charge is 0.392 e. The summed E-state index contributed by atoms with van der Waals surface area (Å²) < 4.78 is 2.16. The molecule has 2 unspecified atom stereocenters. The van der Waals surface area contributed by atoms with E-state index < -0.39 is 6.04 Å². The highest BCUT2D eigenvalue weighted by Gasteiger charge is 2.55. The van der Waals surface area contributed by atoms with Crippen LogP contribution < -0.4 is 0 Å². The molecule has 1 aromatic rings. The second-order valence-corrected chi connectivity index (χ2v) is 9.63. The third-order valence-electron chi connectivity index (χ3n) is 7.14. The van der Waals surface area contributed by atoms with Crippen LogP contribution in [-0.4, -0.2) is 75.2 Å². The van der Waals surface area contributed by atoms with Crippen LogP contribution in [0.4, 0.5) is 4.79 Å². The number of hydrogen-bond acceptors (Lipinski definition) is 4. The molecule has 164 valence electrons. The second kappa shape index (κ2) is 7.77. The van der Waals surface area contributed by atoms with Gasteiger partial charge in [0.15, 0.2) is 0 Å². The number of hydrogen-bond donors (Lipinski definition) is 0. The van der Waals surface area contributed by atoms with Crippen molar-refractivity contribution in [1.82, 2.24) is 14.7 Å². The highest BCUT2D eigenvalue weighted by atomic mass is 16.2. The number of aryl methyl sites for hydroxylation is 1. The first-order valence-corrected chi connectivity index (χ1v) is 11.6. The van der Waals surface area contributed by atoms with Crippen molar-refractivity contribution in [2.45, 2.75) is 64.6 Å². The van der Waals surface area contributed by atoms with Crippen LogP contribution in [0.5, 0.6) is 0 Å². The molecular formula is C24H32N5O2+. The van der Waals surface area contributed by atoms with Gasteiger partial charge in [-0.15, -0.1) is 0 Å². The number of likely N-dealkylation sites (N-methyl/N-ethyl adjacent to an activating group) is 1. The first kappa shape index (κ1) is 20.2. The molecule has 0 radical (unpaired) electrons. The molecule has 1 saturated carbocycles. The maximum Gasteiger partial charge on any atom is 0.392 e. The van der Waals surface area contributed by atoms with Crippen molar-refractivity contribution in [3.63, 3.8) is 0 Å². The molecule has 4 aliphatic rings. The highest BCUT2D eigenvalue weighted by molar-refractivity contribution is 6.22. The van der Waals surface area contributed by atoms with Crippen molar-refractivity contribution < 1.29 is 14.2 Å². The summed E-state index contributed by atoms with van der Waals surface area (Å²) in [4.78, 5) is 37.0. The van der Waals surface area contributed by atoms with Crippen LogP contribution in [0, 0.1) is 12.8 Å². The van der Waals surface area contributed by atoms with Gasteiger partial charge in [-0.05, 0) is 25.3 Å². The van der Waals surface area contributed by atoms with E-state index in [9.17, 15) is 9.59 Å². The molecule has 7 nitrogen and oxygen atoms in total. The molecule has 0 spiro atoms. The summed E-state index contributed by atoms with van der Waals surface area (Å²) in [6.07, 6.45) is 6.18. The van der Waals surface area contributed by atoms with Gasteiger partial charge in [-0.3, -0.25) is 19.5 Å². The van der Waals surface area contributed by atoms with E-state index in [0.29, 0.717) is 17.8 Å². The quantitative estimate of drug-likeness (QED) is 0.704. The number of fused-ring (bicyclic) bond motifs is 2. The number of nitrogens with zero attached hydrogens (tertiary/aromatic N) is 5. The van der Waals surface area contributed by atoms with E-state index in [1.165, 1.54) is 37.0 Å². The van der Waals surface area contributed by atoms with E-state index in [4.69, 9.17) is 4.99 Å². The van der Waals surface area contributed by atoms with E-state index in [1.54, 1.807) is 11.9 Å². The maximum atomic E-state index is 13.6. The Kier molecular flexibility index (Phi) is 5.07. The number of urea groups is 1. The van der Waals surface area contributed by atoms with Gasteiger partial charge in [0.25, 0.3) is 5.91 Å². The summed E-state index contributed by atoms with van der Waals surface area (Å²) in [7, 11) is 1.75. The van der Waals surface area contributed by atoms with Crippen molar-refractivity contribution in [1.29, 1.82) is 0 Å². The molecule has 1 aromatic carbocycles. The first-order valence-electron chi connectivity index (χ1n) is 11.6. The topological polar surface area (TPSA) is 59.2 Å². The van der Waals surface area contributed by atoms with Gasteiger partial charge in [-0.25, -0.2) is 9.37 Å². The third kappa shape index (κ3) is 3.44. The van der Waals surface area contributed by atoms with Gasteiger partial charge in [0.05, 0.1) is 25.7 Å². The predicted octanol–water partition coefficient (Wildman–Crippen LogP) is 2.82. The Morgan fingerprint density at radius 3 is 2.52 bits per heavy atom. The van der Waals surface area contributed by atoms with Crippen molar-refractivity contribution in [3.8, 4) is 0 Å². The zero-order chi connectivity index (χ0) is 21.7. The van der Waals surface area contributed by atoms with E-state index in [0.717, 1.165) is 30.2 Å². The van der Waals surface area contributed by atoms with Crippen LogP contribution in [0.3, 0.4) is 0 Å². The second-order valence-electron chi connectivity index (χ2n) is 9.63. The number of carbonyl (C=O) groups is 2. The lowest BCUT2D eigenvalue weighted by molar-refractivity contribution is -0.552. The average Bonchev–Trinajstić information content (AvgIpc) is 3.16. The predicted molar refractivity (Wildman–Crippen MR) is 119 cm³/mol. The lowest BCUT2D eigenvalue weighted by atomic mass is 9.93. The standard InChI is InChI=1S/C24H32N5O2/c1-16-9-11-18(12-10-16)15-29-22(30)20-21(26(3)24(29)31)25-23-27(13-17(2)14-28(20)23)19-7-5-4-6-8-19/h9-12,17,19-20H,4-8,13-15H2,1-3H3/q+1. The van der Waals surface area contributed by atoms with Gasteiger partial charge < -0.3 is 0 Å². The zero-order valence-corrected chi connectivity index (χ0v) is 18.8. The SMILES string of the molecule is Cc1ccc(CN2C(=O)C3C(=NC4=[N+]3CC(C)CN4C3CCCCC3)N(C)C2=O)cc1. The van der Waals surface area contributed by atoms with Gasteiger partial charge in [-0.2, -0.15) is 0 Å². The molecule has 31 heavy (non-hydrogen) atoms. The van der Waals surface area contributed by atoms with Gasteiger partial charge in [0.1, 0.15) is 0 Å². The fourth-order valence-corrected chi connectivity index (χ4v) is 5.46. The fourth-order valence-electron chi connectivity index (χ4n) is 5.46. The smallest absolute Gasteiger partial charge is 0.270 e. The summed E-state index contributed by atoms with van der Waals surface area (Å²) in [5.74, 6) is 1.77. The molecule has 3 aliphatic heterocycles. The lowest BCUT2D eigenvalue weighted by Gasteiger charge is -2.37. The number of guanidine groups is 1. The van der Waals surface area contributed by atoms with Gasteiger partial charge >= 0.3 is 12.0 Å². The molecule has 7 heteroatoms. The van der Waals surface area contributed by atoms with Crippen molar-refractivity contribution >= 4 is 23.7 Å².